The summed E-state index contributed by atoms with van der Waals surface area (Å²) in [6.07, 6.45) is 0. The molecule has 0 aromatic heterocycles. The largest absolute Gasteiger partial charge is 0.492 e. The Hall–Kier alpha value is -1.79. The van der Waals surface area contributed by atoms with Crippen molar-refractivity contribution in [3.63, 3.8) is 0 Å². The fraction of sp³-hybridized carbons (Fsp3) is 0.381. The van der Waals surface area contributed by atoms with E-state index in [2.05, 4.69) is 10.2 Å². The molecule has 156 valence electrons. The van der Waals surface area contributed by atoms with Gasteiger partial charge in [-0.2, -0.15) is 0 Å². The molecular formula is C21H31Cl2N3O2. The molecule has 2 rings (SSSR count). The van der Waals surface area contributed by atoms with Crippen LogP contribution < -0.4 is 15.8 Å². The number of nitrogens with two attached hydrogens (primary N) is 1. The summed E-state index contributed by atoms with van der Waals surface area (Å²) < 4.78 is 5.73. The lowest BCUT2D eigenvalue weighted by molar-refractivity contribution is -0.125. The van der Waals surface area contributed by atoms with Gasteiger partial charge in [-0.05, 0) is 37.4 Å². The summed E-state index contributed by atoms with van der Waals surface area (Å²) in [4.78, 5) is 14.5. The van der Waals surface area contributed by atoms with Crippen molar-refractivity contribution in [3.8, 4) is 5.75 Å². The first kappa shape index (κ1) is 26.2. The first-order valence-corrected chi connectivity index (χ1v) is 8.92. The van der Waals surface area contributed by atoms with Gasteiger partial charge in [0.1, 0.15) is 12.4 Å². The molecular weight excluding hydrogens is 397 g/mol. The van der Waals surface area contributed by atoms with Gasteiger partial charge >= 0.3 is 0 Å². The third-order valence-corrected chi connectivity index (χ3v) is 4.31. The van der Waals surface area contributed by atoms with E-state index >= 15 is 0 Å². The van der Waals surface area contributed by atoms with Crippen LogP contribution in [-0.4, -0.2) is 38.1 Å². The van der Waals surface area contributed by atoms with Gasteiger partial charge in [-0.1, -0.05) is 49.4 Å². The molecule has 2 atom stereocenters. The molecule has 28 heavy (non-hydrogen) atoms. The number of carbonyl (C=O) groups excluding carboxylic acids is 1. The Bertz CT molecular complexity index is 699. The van der Waals surface area contributed by atoms with Crippen LogP contribution in [0.3, 0.4) is 0 Å². The Kier molecular flexibility index (Phi) is 12.5. The number of nitrogens with zero attached hydrogens (tertiary/aromatic N) is 1. The number of nitrogens with one attached hydrogen (secondary N) is 1. The van der Waals surface area contributed by atoms with Gasteiger partial charge in [0.15, 0.2) is 0 Å². The first-order chi connectivity index (χ1) is 12.5. The van der Waals surface area contributed by atoms with Gasteiger partial charge in [-0.25, -0.2) is 0 Å². The summed E-state index contributed by atoms with van der Waals surface area (Å²) in [5.74, 6) is 0.449. The molecule has 5 nitrogen and oxygen atoms in total. The van der Waals surface area contributed by atoms with Crippen LogP contribution >= 0.6 is 24.8 Å². The van der Waals surface area contributed by atoms with E-state index in [1.807, 2.05) is 75.6 Å². The second-order valence-corrected chi connectivity index (χ2v) is 6.74. The lowest BCUT2D eigenvalue weighted by Gasteiger charge is -2.20. The second-order valence-electron chi connectivity index (χ2n) is 6.74. The van der Waals surface area contributed by atoms with Crippen LogP contribution in [0.4, 0.5) is 0 Å². The minimum Gasteiger partial charge on any atom is -0.492 e. The number of amides is 1. The fourth-order valence-electron chi connectivity index (χ4n) is 2.57. The summed E-state index contributed by atoms with van der Waals surface area (Å²) in [5.41, 5.74) is 8.19. The van der Waals surface area contributed by atoms with Crippen molar-refractivity contribution < 1.29 is 9.53 Å². The fourth-order valence-corrected chi connectivity index (χ4v) is 2.57. The zero-order valence-corrected chi connectivity index (χ0v) is 18.3. The third kappa shape index (κ3) is 8.48. The van der Waals surface area contributed by atoms with Gasteiger partial charge in [0.25, 0.3) is 0 Å². The SMILES string of the molecule is CC(C(=O)NCc1cccc(OCCN(C)C)c1)C(N)c1ccccc1.Cl.Cl. The molecule has 2 unspecified atom stereocenters. The number of ether oxygens (including phenoxy) is 1. The Morgan fingerprint density at radius 3 is 2.43 bits per heavy atom. The van der Waals surface area contributed by atoms with Crippen molar-refractivity contribution in [2.75, 3.05) is 27.2 Å². The average Bonchev–Trinajstić information content (AvgIpc) is 2.65. The standard InChI is InChI=1S/C21H29N3O2.2ClH/c1-16(20(22)18-9-5-4-6-10-18)21(25)23-15-17-8-7-11-19(14-17)26-13-12-24(2)3;;/h4-11,14,16,20H,12-13,15,22H2,1-3H3,(H,23,25);2*1H. The normalized spacial score (nSPS) is 12.3. The van der Waals surface area contributed by atoms with E-state index in [0.717, 1.165) is 23.4 Å². The molecule has 0 bridgehead atoms. The second kappa shape index (κ2) is 13.4. The molecule has 1 amide bonds. The molecule has 0 saturated carbocycles. The quantitative estimate of drug-likeness (QED) is 0.642. The molecule has 3 N–H and O–H groups in total. The smallest absolute Gasteiger partial charge is 0.225 e. The van der Waals surface area contributed by atoms with Crippen molar-refractivity contribution in [2.24, 2.45) is 11.7 Å². The summed E-state index contributed by atoms with van der Waals surface area (Å²) in [7, 11) is 4.02. The molecule has 0 fully saturated rings. The molecule has 0 aliphatic rings. The van der Waals surface area contributed by atoms with Gasteiger partial charge in [0, 0.05) is 19.1 Å². The van der Waals surface area contributed by atoms with E-state index in [-0.39, 0.29) is 42.7 Å². The molecule has 0 saturated heterocycles. The first-order valence-electron chi connectivity index (χ1n) is 8.92. The van der Waals surface area contributed by atoms with Crippen molar-refractivity contribution in [3.05, 3.63) is 65.7 Å². The van der Waals surface area contributed by atoms with Crippen molar-refractivity contribution in [1.29, 1.82) is 0 Å². The maximum absolute atomic E-state index is 12.4. The highest BCUT2D eigenvalue weighted by Gasteiger charge is 2.21. The van der Waals surface area contributed by atoms with Crippen molar-refractivity contribution in [1.82, 2.24) is 10.2 Å². The van der Waals surface area contributed by atoms with E-state index in [1.54, 1.807) is 0 Å². The van der Waals surface area contributed by atoms with Gasteiger partial charge < -0.3 is 20.7 Å². The summed E-state index contributed by atoms with van der Waals surface area (Å²) in [5, 5.41) is 2.97. The summed E-state index contributed by atoms with van der Waals surface area (Å²) in [6.45, 7) is 3.80. The van der Waals surface area contributed by atoms with Crippen molar-refractivity contribution >= 4 is 30.7 Å². The minimum absolute atomic E-state index is 0. The predicted molar refractivity (Wildman–Crippen MR) is 119 cm³/mol. The molecule has 7 heteroatoms. The number of carbonyl (C=O) groups is 1. The van der Waals surface area contributed by atoms with Crippen LogP contribution in [0.2, 0.25) is 0 Å². The molecule has 0 spiro atoms. The zero-order valence-electron chi connectivity index (χ0n) is 16.6. The number of benzene rings is 2. The van der Waals surface area contributed by atoms with Gasteiger partial charge in [0.2, 0.25) is 5.91 Å². The summed E-state index contributed by atoms with van der Waals surface area (Å²) >= 11 is 0. The van der Waals surface area contributed by atoms with E-state index in [1.165, 1.54) is 0 Å². The molecule has 0 aliphatic heterocycles. The van der Waals surface area contributed by atoms with E-state index in [4.69, 9.17) is 10.5 Å². The van der Waals surface area contributed by atoms with Crippen LogP contribution in [0.1, 0.15) is 24.1 Å². The van der Waals surface area contributed by atoms with Gasteiger partial charge in [0.05, 0.1) is 5.92 Å². The molecule has 2 aromatic rings. The number of rotatable bonds is 9. The lowest BCUT2D eigenvalue weighted by atomic mass is 9.94. The molecule has 2 aromatic carbocycles. The van der Waals surface area contributed by atoms with Gasteiger partial charge in [-0.3, -0.25) is 4.79 Å². The van der Waals surface area contributed by atoms with Crippen LogP contribution in [0.25, 0.3) is 0 Å². The zero-order chi connectivity index (χ0) is 18.9. The monoisotopic (exact) mass is 427 g/mol. The van der Waals surface area contributed by atoms with Crippen LogP contribution in [0.15, 0.2) is 54.6 Å². The average molecular weight is 428 g/mol. The van der Waals surface area contributed by atoms with Crippen LogP contribution in [-0.2, 0) is 11.3 Å². The third-order valence-electron chi connectivity index (χ3n) is 4.31. The predicted octanol–water partition coefficient (Wildman–Crippen LogP) is 3.42. The Labute approximate surface area is 180 Å². The number of hydrogen-bond donors (Lipinski definition) is 2. The molecule has 0 heterocycles. The Morgan fingerprint density at radius 1 is 1.11 bits per heavy atom. The number of halogens is 2. The summed E-state index contributed by atoms with van der Waals surface area (Å²) in [6, 6.07) is 17.2. The maximum Gasteiger partial charge on any atom is 0.225 e. The highest BCUT2D eigenvalue weighted by atomic mass is 35.5. The van der Waals surface area contributed by atoms with E-state index in [0.29, 0.717) is 13.2 Å². The lowest BCUT2D eigenvalue weighted by Crippen LogP contribution is -2.35. The van der Waals surface area contributed by atoms with E-state index in [9.17, 15) is 4.79 Å². The number of likely N-dealkylation sites (N-methyl/N-ethyl adjacent to an activating group) is 1. The Morgan fingerprint density at radius 2 is 1.79 bits per heavy atom. The highest BCUT2D eigenvalue weighted by Crippen LogP contribution is 2.19. The number of hydrogen-bond acceptors (Lipinski definition) is 4. The molecule has 0 radical (unpaired) electrons. The van der Waals surface area contributed by atoms with E-state index < -0.39 is 0 Å². The minimum atomic E-state index is -0.322. The van der Waals surface area contributed by atoms with Gasteiger partial charge in [-0.15, -0.1) is 24.8 Å². The highest BCUT2D eigenvalue weighted by molar-refractivity contribution is 5.85. The topological polar surface area (TPSA) is 67.6 Å². The Balaban J connectivity index is 0.00000364. The maximum atomic E-state index is 12.4. The van der Waals surface area contributed by atoms with Crippen LogP contribution in [0, 0.1) is 5.92 Å². The molecule has 0 aliphatic carbocycles. The van der Waals surface area contributed by atoms with Crippen molar-refractivity contribution in [2.45, 2.75) is 19.5 Å². The van der Waals surface area contributed by atoms with Crippen LogP contribution in [0.5, 0.6) is 5.75 Å².